The van der Waals surface area contributed by atoms with Gasteiger partial charge in [0, 0.05) is 26.1 Å². The molecule has 0 radical (unpaired) electrons. The number of carbonyl (C=O) groups is 2. The van der Waals surface area contributed by atoms with E-state index < -0.39 is 0 Å². The number of aromatic nitrogens is 2. The number of fused-ring (bicyclic) bond motifs is 1. The Kier molecular flexibility index (Phi) is 4.21. The zero-order chi connectivity index (χ0) is 18.4. The van der Waals surface area contributed by atoms with Crippen LogP contribution in [0.1, 0.15) is 42.6 Å². The van der Waals surface area contributed by atoms with E-state index in [0.717, 1.165) is 29.7 Å². The average Bonchev–Trinajstić information content (AvgIpc) is 3.37. The number of benzene rings is 1. The van der Waals surface area contributed by atoms with Gasteiger partial charge in [0.2, 0.25) is 11.8 Å². The van der Waals surface area contributed by atoms with Crippen LogP contribution in [0.4, 0.5) is 0 Å². The minimum Gasteiger partial charge on any atom is -0.340 e. The van der Waals surface area contributed by atoms with E-state index in [4.69, 9.17) is 0 Å². The van der Waals surface area contributed by atoms with Gasteiger partial charge >= 0.3 is 0 Å². The summed E-state index contributed by atoms with van der Waals surface area (Å²) >= 11 is 0. The molecule has 1 aromatic heterocycles. The highest BCUT2D eigenvalue weighted by atomic mass is 16.2. The second-order valence-corrected chi connectivity index (χ2v) is 7.84. The summed E-state index contributed by atoms with van der Waals surface area (Å²) in [4.78, 5) is 36.5. The molecule has 2 heterocycles. The Bertz CT molecular complexity index is 829. The highest BCUT2D eigenvalue weighted by Gasteiger charge is 2.39. The summed E-state index contributed by atoms with van der Waals surface area (Å²) in [5.41, 5.74) is 4.38. The van der Waals surface area contributed by atoms with Crippen molar-refractivity contribution in [1.29, 1.82) is 0 Å². The predicted molar refractivity (Wildman–Crippen MR) is 99.5 cm³/mol. The van der Waals surface area contributed by atoms with Crippen molar-refractivity contribution < 1.29 is 9.59 Å². The number of aryl methyl sites for hydroxylation is 2. The van der Waals surface area contributed by atoms with Gasteiger partial charge in [-0.25, -0.2) is 4.98 Å². The molecule has 1 saturated carbocycles. The minimum absolute atomic E-state index is 0.0906. The quantitative estimate of drug-likeness (QED) is 0.917. The van der Waals surface area contributed by atoms with E-state index in [2.05, 4.69) is 35.9 Å². The van der Waals surface area contributed by atoms with E-state index in [-0.39, 0.29) is 17.7 Å². The SMILES string of the molecule is Cc1cc2nc(CN(C)C(=O)C3CCC(=O)N(C4CC4)C3)[nH]c2cc1C. The van der Waals surface area contributed by atoms with Crippen LogP contribution in [0.25, 0.3) is 11.0 Å². The largest absolute Gasteiger partial charge is 0.340 e. The summed E-state index contributed by atoms with van der Waals surface area (Å²) in [6, 6.07) is 4.56. The third kappa shape index (κ3) is 3.20. The molecule has 0 bridgehead atoms. The Morgan fingerprint density at radius 3 is 2.73 bits per heavy atom. The molecular formula is C20H26N4O2. The maximum atomic E-state index is 12.9. The van der Waals surface area contributed by atoms with Gasteiger partial charge in [-0.05, 0) is 56.4 Å². The van der Waals surface area contributed by atoms with Gasteiger partial charge in [-0.15, -0.1) is 0 Å². The number of carbonyl (C=O) groups excluding carboxylic acids is 2. The first kappa shape index (κ1) is 17.1. The van der Waals surface area contributed by atoms with Gasteiger partial charge in [0.05, 0.1) is 23.5 Å². The maximum absolute atomic E-state index is 12.9. The molecule has 2 amide bonds. The van der Waals surface area contributed by atoms with Gasteiger partial charge in [0.1, 0.15) is 5.82 Å². The van der Waals surface area contributed by atoms with Crippen molar-refractivity contribution in [3.05, 3.63) is 29.1 Å². The molecule has 6 heteroatoms. The Hall–Kier alpha value is -2.37. The van der Waals surface area contributed by atoms with Crippen LogP contribution in [0.2, 0.25) is 0 Å². The van der Waals surface area contributed by atoms with Crippen LogP contribution in [0.5, 0.6) is 0 Å². The second kappa shape index (κ2) is 6.41. The van der Waals surface area contributed by atoms with Crippen molar-refractivity contribution in [3.63, 3.8) is 0 Å². The molecule has 6 nitrogen and oxygen atoms in total. The fourth-order valence-electron chi connectivity index (χ4n) is 3.82. The minimum atomic E-state index is -0.0906. The topological polar surface area (TPSA) is 69.3 Å². The fraction of sp³-hybridized carbons (Fsp3) is 0.550. The van der Waals surface area contributed by atoms with Crippen molar-refractivity contribution in [2.24, 2.45) is 5.92 Å². The number of hydrogen-bond donors (Lipinski definition) is 1. The molecule has 1 aliphatic heterocycles. The molecule has 1 N–H and O–H groups in total. The zero-order valence-corrected chi connectivity index (χ0v) is 15.7. The highest BCUT2D eigenvalue weighted by Crippen LogP contribution is 2.32. The first-order valence-electron chi connectivity index (χ1n) is 9.42. The molecule has 4 rings (SSSR count). The third-order valence-electron chi connectivity index (χ3n) is 5.69. The Balaban J connectivity index is 1.44. The number of nitrogens with zero attached hydrogens (tertiary/aromatic N) is 3. The van der Waals surface area contributed by atoms with Gasteiger partial charge in [-0.2, -0.15) is 0 Å². The first-order chi connectivity index (χ1) is 12.4. The van der Waals surface area contributed by atoms with Gasteiger partial charge in [-0.1, -0.05) is 0 Å². The second-order valence-electron chi connectivity index (χ2n) is 7.84. The molecule has 1 unspecified atom stereocenters. The summed E-state index contributed by atoms with van der Waals surface area (Å²) in [6.07, 6.45) is 3.31. The van der Waals surface area contributed by atoms with E-state index in [9.17, 15) is 9.59 Å². The number of likely N-dealkylation sites (tertiary alicyclic amines) is 1. The molecule has 1 aromatic carbocycles. The average molecular weight is 354 g/mol. The summed E-state index contributed by atoms with van der Waals surface area (Å²) < 4.78 is 0. The summed E-state index contributed by atoms with van der Waals surface area (Å²) in [6.45, 7) is 5.19. The lowest BCUT2D eigenvalue weighted by atomic mass is 9.96. The molecule has 138 valence electrons. The number of piperidine rings is 1. The van der Waals surface area contributed by atoms with E-state index in [0.29, 0.717) is 32.0 Å². The van der Waals surface area contributed by atoms with Crippen molar-refractivity contribution in [1.82, 2.24) is 19.8 Å². The molecule has 0 spiro atoms. The molecule has 1 saturated heterocycles. The van der Waals surface area contributed by atoms with Crippen LogP contribution < -0.4 is 0 Å². The van der Waals surface area contributed by atoms with E-state index in [1.165, 1.54) is 11.1 Å². The Labute approximate surface area is 153 Å². The molecule has 26 heavy (non-hydrogen) atoms. The van der Waals surface area contributed by atoms with Crippen LogP contribution in [-0.2, 0) is 16.1 Å². The lowest BCUT2D eigenvalue weighted by molar-refractivity contribution is -0.143. The molecular weight excluding hydrogens is 328 g/mol. The monoisotopic (exact) mass is 354 g/mol. The Morgan fingerprint density at radius 1 is 1.27 bits per heavy atom. The van der Waals surface area contributed by atoms with Gasteiger partial charge in [0.25, 0.3) is 0 Å². The normalized spacial score (nSPS) is 20.7. The van der Waals surface area contributed by atoms with Crippen molar-refractivity contribution in [3.8, 4) is 0 Å². The van der Waals surface area contributed by atoms with Crippen LogP contribution in [-0.4, -0.2) is 51.2 Å². The predicted octanol–water partition coefficient (Wildman–Crippen LogP) is 2.54. The molecule has 1 atom stereocenters. The number of hydrogen-bond acceptors (Lipinski definition) is 3. The zero-order valence-electron chi connectivity index (χ0n) is 15.7. The number of aromatic amines is 1. The summed E-state index contributed by atoms with van der Waals surface area (Å²) in [5, 5.41) is 0. The van der Waals surface area contributed by atoms with Gasteiger partial charge < -0.3 is 14.8 Å². The molecule has 2 fully saturated rings. The fourth-order valence-corrected chi connectivity index (χ4v) is 3.82. The Morgan fingerprint density at radius 2 is 2.00 bits per heavy atom. The van der Waals surface area contributed by atoms with Gasteiger partial charge in [0.15, 0.2) is 0 Å². The molecule has 2 aliphatic rings. The van der Waals surface area contributed by atoms with Crippen LogP contribution in [0.15, 0.2) is 12.1 Å². The number of rotatable bonds is 4. The van der Waals surface area contributed by atoms with Crippen molar-refractivity contribution in [2.45, 2.75) is 52.1 Å². The molecule has 2 aromatic rings. The first-order valence-corrected chi connectivity index (χ1v) is 9.42. The lowest BCUT2D eigenvalue weighted by Crippen LogP contribution is -2.46. The van der Waals surface area contributed by atoms with Crippen LogP contribution in [0, 0.1) is 19.8 Å². The smallest absolute Gasteiger partial charge is 0.227 e. The summed E-state index contributed by atoms with van der Waals surface area (Å²) in [7, 11) is 1.82. The van der Waals surface area contributed by atoms with Crippen LogP contribution >= 0.6 is 0 Å². The number of imidazole rings is 1. The lowest BCUT2D eigenvalue weighted by Gasteiger charge is -2.33. The van der Waals surface area contributed by atoms with E-state index in [1.54, 1.807) is 4.90 Å². The third-order valence-corrected chi connectivity index (χ3v) is 5.69. The van der Waals surface area contributed by atoms with E-state index >= 15 is 0 Å². The number of nitrogens with one attached hydrogen (secondary N) is 1. The van der Waals surface area contributed by atoms with Gasteiger partial charge in [-0.3, -0.25) is 9.59 Å². The number of amides is 2. The van der Waals surface area contributed by atoms with E-state index in [1.807, 2.05) is 11.9 Å². The molecule has 1 aliphatic carbocycles. The van der Waals surface area contributed by atoms with Crippen molar-refractivity contribution >= 4 is 22.8 Å². The van der Waals surface area contributed by atoms with Crippen molar-refractivity contribution in [2.75, 3.05) is 13.6 Å². The maximum Gasteiger partial charge on any atom is 0.227 e. The standard InChI is InChI=1S/C20H26N4O2/c1-12-8-16-17(9-13(12)2)22-18(21-16)11-23(3)20(26)14-4-7-19(25)24(10-14)15-5-6-15/h8-9,14-15H,4-7,10-11H2,1-3H3,(H,21,22). The highest BCUT2D eigenvalue weighted by molar-refractivity contribution is 5.84. The summed E-state index contributed by atoms with van der Waals surface area (Å²) in [5.74, 6) is 1.03. The van der Waals surface area contributed by atoms with Crippen LogP contribution in [0.3, 0.4) is 0 Å². The number of H-pyrrole nitrogens is 1.